The topological polar surface area (TPSA) is 78.8 Å². The van der Waals surface area contributed by atoms with Gasteiger partial charge in [0.15, 0.2) is 0 Å². The van der Waals surface area contributed by atoms with Gasteiger partial charge in [-0.3, -0.25) is 9.79 Å². The van der Waals surface area contributed by atoms with Gasteiger partial charge in [0.1, 0.15) is 6.04 Å². The van der Waals surface area contributed by atoms with Crippen LogP contribution in [0.2, 0.25) is 0 Å². The summed E-state index contributed by atoms with van der Waals surface area (Å²) in [6.45, 7) is 10.4. The molecule has 28 heavy (non-hydrogen) atoms. The molecule has 0 spiro atoms. The highest BCUT2D eigenvalue weighted by molar-refractivity contribution is 6.20. The summed E-state index contributed by atoms with van der Waals surface area (Å²) in [5, 5.41) is 12.2. The van der Waals surface area contributed by atoms with Gasteiger partial charge in [0, 0.05) is 11.1 Å². The van der Waals surface area contributed by atoms with Gasteiger partial charge in [0.05, 0.1) is 17.0 Å². The van der Waals surface area contributed by atoms with E-state index in [4.69, 9.17) is 5.11 Å². The maximum absolute atomic E-state index is 12.5. The molecule has 5 heteroatoms. The third kappa shape index (κ3) is 3.70. The third-order valence-electron chi connectivity index (χ3n) is 5.09. The number of aliphatic imine (C=N–C) groups is 1. The first-order chi connectivity index (χ1) is 13.2. The Kier molecular flexibility index (Phi) is 5.36. The minimum Gasteiger partial charge on any atom is -0.478 e. The van der Waals surface area contributed by atoms with Crippen molar-refractivity contribution >= 4 is 23.3 Å². The SMILES string of the molecule is CC1N=C(c2ccc(C(=O)O)cc2)c2cc(C(C)C)c(C(C)C)cc2NC1=O. The normalized spacial score (nSPS) is 16.5. The van der Waals surface area contributed by atoms with E-state index < -0.39 is 12.0 Å². The summed E-state index contributed by atoms with van der Waals surface area (Å²) >= 11 is 0. The van der Waals surface area contributed by atoms with Gasteiger partial charge < -0.3 is 10.4 Å². The van der Waals surface area contributed by atoms with Gasteiger partial charge in [0.25, 0.3) is 0 Å². The van der Waals surface area contributed by atoms with Gasteiger partial charge in [-0.2, -0.15) is 0 Å². The molecule has 1 unspecified atom stereocenters. The van der Waals surface area contributed by atoms with Crippen LogP contribution in [0.3, 0.4) is 0 Å². The van der Waals surface area contributed by atoms with Crippen molar-refractivity contribution in [3.8, 4) is 0 Å². The quantitative estimate of drug-likeness (QED) is 0.801. The highest BCUT2D eigenvalue weighted by Crippen LogP contribution is 2.34. The second-order valence-electron chi connectivity index (χ2n) is 7.86. The molecule has 0 saturated heterocycles. The number of nitrogens with zero attached hydrogens (tertiary/aromatic N) is 1. The third-order valence-corrected chi connectivity index (χ3v) is 5.09. The van der Waals surface area contributed by atoms with E-state index in [0.717, 1.165) is 16.8 Å². The van der Waals surface area contributed by atoms with Crippen LogP contribution in [0, 0.1) is 0 Å². The maximum Gasteiger partial charge on any atom is 0.335 e. The molecule has 0 aliphatic carbocycles. The van der Waals surface area contributed by atoms with Crippen LogP contribution in [0.4, 0.5) is 5.69 Å². The molecule has 3 rings (SSSR count). The summed E-state index contributed by atoms with van der Waals surface area (Å²) in [6, 6.07) is 10.3. The summed E-state index contributed by atoms with van der Waals surface area (Å²) in [5.41, 5.74) is 5.78. The van der Waals surface area contributed by atoms with Crippen LogP contribution < -0.4 is 5.32 Å². The highest BCUT2D eigenvalue weighted by Gasteiger charge is 2.25. The number of benzodiazepines with no additional fused rings is 1. The number of carboxylic acid groups (broad SMARTS) is 1. The Labute approximate surface area is 165 Å². The van der Waals surface area contributed by atoms with Gasteiger partial charge in [-0.15, -0.1) is 0 Å². The van der Waals surface area contributed by atoms with E-state index in [0.29, 0.717) is 17.5 Å². The van der Waals surface area contributed by atoms with Crippen LogP contribution in [0.25, 0.3) is 0 Å². The fourth-order valence-corrected chi connectivity index (χ4v) is 3.49. The van der Waals surface area contributed by atoms with Crippen LogP contribution in [-0.4, -0.2) is 28.7 Å². The lowest BCUT2D eigenvalue weighted by Gasteiger charge is -2.21. The number of carboxylic acids is 1. The summed E-state index contributed by atoms with van der Waals surface area (Å²) in [4.78, 5) is 28.3. The molecule has 1 heterocycles. The van der Waals surface area contributed by atoms with Crippen molar-refractivity contribution in [2.75, 3.05) is 5.32 Å². The van der Waals surface area contributed by atoms with Crippen LogP contribution >= 0.6 is 0 Å². The molecule has 1 aliphatic rings. The number of hydrogen-bond donors (Lipinski definition) is 2. The smallest absolute Gasteiger partial charge is 0.335 e. The molecule has 2 aromatic rings. The highest BCUT2D eigenvalue weighted by atomic mass is 16.4. The molecule has 0 aromatic heterocycles. The predicted molar refractivity (Wildman–Crippen MR) is 112 cm³/mol. The fourth-order valence-electron chi connectivity index (χ4n) is 3.49. The van der Waals surface area contributed by atoms with Crippen LogP contribution in [0.15, 0.2) is 41.4 Å². The Morgan fingerprint density at radius 2 is 1.61 bits per heavy atom. The number of rotatable bonds is 4. The number of carbonyl (C=O) groups excluding carboxylic acids is 1. The average Bonchev–Trinajstić information content (AvgIpc) is 2.77. The average molecular weight is 378 g/mol. The van der Waals surface area contributed by atoms with Crippen molar-refractivity contribution in [2.45, 2.75) is 52.5 Å². The Hall–Kier alpha value is -2.95. The van der Waals surface area contributed by atoms with Crippen molar-refractivity contribution in [3.05, 3.63) is 64.2 Å². The van der Waals surface area contributed by atoms with Gasteiger partial charge in [-0.1, -0.05) is 39.8 Å². The zero-order valence-electron chi connectivity index (χ0n) is 16.9. The van der Waals surface area contributed by atoms with Gasteiger partial charge in [-0.05, 0) is 54.2 Å². The first kappa shape index (κ1) is 19.8. The molecule has 0 radical (unpaired) electrons. The molecule has 1 amide bonds. The van der Waals surface area contributed by atoms with Gasteiger partial charge >= 0.3 is 5.97 Å². The summed E-state index contributed by atoms with van der Waals surface area (Å²) in [7, 11) is 0. The largest absolute Gasteiger partial charge is 0.478 e. The lowest BCUT2D eigenvalue weighted by Crippen LogP contribution is -2.22. The molecule has 2 N–H and O–H groups in total. The van der Waals surface area contributed by atoms with Gasteiger partial charge in [0.2, 0.25) is 5.91 Å². The van der Waals surface area contributed by atoms with E-state index in [1.165, 1.54) is 11.1 Å². The van der Waals surface area contributed by atoms with Crippen LogP contribution in [0.1, 0.15) is 79.1 Å². The second-order valence-corrected chi connectivity index (χ2v) is 7.86. The van der Waals surface area contributed by atoms with E-state index >= 15 is 0 Å². The lowest BCUT2D eigenvalue weighted by atomic mass is 9.86. The standard InChI is InChI=1S/C23H26N2O3/c1-12(2)17-10-19-20(11-18(17)13(3)4)25-22(26)14(5)24-21(19)15-6-8-16(9-7-15)23(27)28/h6-14H,1-5H3,(H,25,26)(H,27,28). The lowest BCUT2D eigenvalue weighted by molar-refractivity contribution is -0.116. The number of carbonyl (C=O) groups is 2. The molecule has 2 aromatic carbocycles. The van der Waals surface area contributed by atoms with Crippen molar-refractivity contribution in [2.24, 2.45) is 4.99 Å². The van der Waals surface area contributed by atoms with E-state index in [2.05, 4.69) is 50.1 Å². The molecular formula is C23H26N2O3. The molecular weight excluding hydrogens is 352 g/mol. The van der Waals surface area contributed by atoms with Crippen LogP contribution in [-0.2, 0) is 4.79 Å². The van der Waals surface area contributed by atoms with E-state index in [1.807, 2.05) is 0 Å². The summed E-state index contributed by atoms with van der Waals surface area (Å²) in [6.07, 6.45) is 0. The molecule has 1 aliphatic heterocycles. The summed E-state index contributed by atoms with van der Waals surface area (Å²) in [5.74, 6) is -0.459. The molecule has 1 atom stereocenters. The van der Waals surface area contributed by atoms with Crippen LogP contribution in [0.5, 0.6) is 0 Å². The number of fused-ring (bicyclic) bond motifs is 1. The second kappa shape index (κ2) is 7.58. The number of anilines is 1. The first-order valence-electron chi connectivity index (χ1n) is 9.59. The number of aromatic carboxylic acids is 1. The minimum absolute atomic E-state index is 0.148. The maximum atomic E-state index is 12.5. The van der Waals surface area contributed by atoms with Crippen molar-refractivity contribution < 1.29 is 14.7 Å². The zero-order valence-corrected chi connectivity index (χ0v) is 16.9. The van der Waals surface area contributed by atoms with E-state index in [9.17, 15) is 9.59 Å². The van der Waals surface area contributed by atoms with Crippen molar-refractivity contribution in [1.29, 1.82) is 0 Å². The minimum atomic E-state index is -0.969. The number of hydrogen-bond acceptors (Lipinski definition) is 3. The van der Waals surface area contributed by atoms with Crippen molar-refractivity contribution in [1.82, 2.24) is 0 Å². The molecule has 5 nitrogen and oxygen atoms in total. The predicted octanol–water partition coefficient (Wildman–Crippen LogP) is 4.81. The monoisotopic (exact) mass is 378 g/mol. The number of benzene rings is 2. The molecule has 0 fully saturated rings. The Morgan fingerprint density at radius 1 is 1.04 bits per heavy atom. The fraction of sp³-hybridized carbons (Fsp3) is 0.348. The number of amides is 1. The Bertz CT molecular complexity index is 957. The molecule has 0 bridgehead atoms. The van der Waals surface area contributed by atoms with Gasteiger partial charge in [-0.25, -0.2) is 4.79 Å². The van der Waals surface area contributed by atoms with E-state index in [1.54, 1.807) is 31.2 Å². The van der Waals surface area contributed by atoms with E-state index in [-0.39, 0.29) is 11.5 Å². The Morgan fingerprint density at radius 3 is 2.14 bits per heavy atom. The molecule has 0 saturated carbocycles. The summed E-state index contributed by atoms with van der Waals surface area (Å²) < 4.78 is 0. The number of nitrogens with one attached hydrogen (secondary N) is 1. The Balaban J connectivity index is 2.23. The molecule has 146 valence electrons. The van der Waals surface area contributed by atoms with Crippen molar-refractivity contribution in [3.63, 3.8) is 0 Å². The zero-order chi connectivity index (χ0) is 20.6. The first-order valence-corrected chi connectivity index (χ1v) is 9.59.